The Kier molecular flexibility index (Phi) is 5.72. The highest BCUT2D eigenvalue weighted by atomic mass is 16.5. The summed E-state index contributed by atoms with van der Waals surface area (Å²) in [5.74, 6) is 0.810. The molecule has 0 unspecified atom stereocenters. The molecule has 1 aromatic carbocycles. The predicted molar refractivity (Wildman–Crippen MR) is 129 cm³/mol. The molecule has 0 N–H and O–H groups in total. The van der Waals surface area contributed by atoms with Gasteiger partial charge in [0, 0.05) is 22.9 Å². The van der Waals surface area contributed by atoms with Crippen LogP contribution in [-0.4, -0.2) is 17.1 Å². The fourth-order valence-electron chi connectivity index (χ4n) is 4.33. The van der Waals surface area contributed by atoms with Gasteiger partial charge >= 0.3 is 0 Å². The molecule has 4 rings (SSSR count). The van der Waals surface area contributed by atoms with Crippen LogP contribution in [0.5, 0.6) is 5.75 Å². The minimum Gasteiger partial charge on any atom is -0.497 e. The lowest BCUT2D eigenvalue weighted by Crippen LogP contribution is -2.20. The first-order valence-corrected chi connectivity index (χ1v) is 10.7. The minimum absolute atomic E-state index is 0.0312. The maximum absolute atomic E-state index is 9.84. The second-order valence-corrected chi connectivity index (χ2v) is 8.34. The van der Waals surface area contributed by atoms with Crippen molar-refractivity contribution in [3.63, 3.8) is 0 Å². The summed E-state index contributed by atoms with van der Waals surface area (Å²) in [4.78, 5) is 0. The third-order valence-electron chi connectivity index (χ3n) is 5.99. The number of aryl methyl sites for hydroxylation is 1. The van der Waals surface area contributed by atoms with Crippen molar-refractivity contribution in [2.75, 3.05) is 7.11 Å². The monoisotopic (exact) mass is 446 g/mol. The quantitative estimate of drug-likeness (QED) is 0.467. The molecule has 0 saturated heterocycles. The van der Waals surface area contributed by atoms with Gasteiger partial charge in [-0.3, -0.25) is 0 Å². The van der Waals surface area contributed by atoms with Gasteiger partial charge < -0.3 is 13.9 Å². The largest absolute Gasteiger partial charge is 0.497 e. The number of hydrogen-bond acceptors (Lipinski definition) is 5. The molecular weight excluding hydrogens is 424 g/mol. The summed E-state index contributed by atoms with van der Waals surface area (Å²) >= 11 is 0. The van der Waals surface area contributed by atoms with Gasteiger partial charge in [0.2, 0.25) is 0 Å². The summed E-state index contributed by atoms with van der Waals surface area (Å²) in [6, 6.07) is 19.7. The number of nitrogens with zero attached hydrogens (tertiary/aromatic N) is 4. The highest BCUT2D eigenvalue weighted by Gasteiger charge is 2.38. The molecule has 0 spiro atoms. The Bertz CT molecular complexity index is 1500. The average molecular weight is 447 g/mol. The minimum atomic E-state index is -0.877. The molecule has 0 aliphatic carbocycles. The van der Waals surface area contributed by atoms with Crippen LogP contribution in [0.15, 0.2) is 77.2 Å². The summed E-state index contributed by atoms with van der Waals surface area (Å²) in [5, 5.41) is 28.5. The van der Waals surface area contributed by atoms with Crippen LogP contribution in [0.1, 0.15) is 25.1 Å². The number of fused-ring (bicyclic) bond motifs is 1. The number of rotatable bonds is 4. The molecule has 3 heterocycles. The number of hydrogen-bond donors (Lipinski definition) is 0. The van der Waals surface area contributed by atoms with E-state index in [-0.39, 0.29) is 16.9 Å². The fraction of sp³-hybridized carbons (Fsp3) is 0.179. The Hall–Kier alpha value is -4.73. The Labute approximate surface area is 198 Å². The van der Waals surface area contributed by atoms with Gasteiger partial charge in [-0.2, -0.15) is 15.8 Å². The van der Waals surface area contributed by atoms with Crippen molar-refractivity contribution in [2.45, 2.75) is 26.4 Å². The topological polar surface area (TPSA) is 94.2 Å². The van der Waals surface area contributed by atoms with Crippen molar-refractivity contribution in [1.82, 2.24) is 4.40 Å². The van der Waals surface area contributed by atoms with Crippen molar-refractivity contribution in [3.05, 3.63) is 88.5 Å². The number of pyridine rings is 1. The summed E-state index contributed by atoms with van der Waals surface area (Å²) in [6.07, 6.45) is 5.80. The molecule has 0 atom stereocenters. The van der Waals surface area contributed by atoms with Crippen molar-refractivity contribution >= 4 is 11.6 Å². The van der Waals surface area contributed by atoms with Crippen molar-refractivity contribution < 1.29 is 9.47 Å². The molecule has 6 heteroatoms. The number of nitriles is 3. The molecule has 1 aliphatic heterocycles. The average Bonchev–Trinajstić information content (AvgIpc) is 3.28. The van der Waals surface area contributed by atoms with Crippen LogP contribution in [0.4, 0.5) is 0 Å². The zero-order chi connectivity index (χ0) is 24.5. The van der Waals surface area contributed by atoms with Gasteiger partial charge in [0.1, 0.15) is 35.1 Å². The third-order valence-corrected chi connectivity index (χ3v) is 5.99. The Morgan fingerprint density at radius 3 is 2.35 bits per heavy atom. The summed E-state index contributed by atoms with van der Waals surface area (Å²) in [7, 11) is 1.64. The maximum Gasteiger partial charge on any atom is 0.172 e. The van der Waals surface area contributed by atoms with E-state index in [1.165, 1.54) is 0 Å². The lowest BCUT2D eigenvalue weighted by atomic mass is 9.94. The van der Waals surface area contributed by atoms with E-state index in [4.69, 9.17) is 9.47 Å². The maximum atomic E-state index is 9.84. The van der Waals surface area contributed by atoms with Crippen LogP contribution < -0.4 is 4.74 Å². The number of methoxy groups -OCH3 is 1. The van der Waals surface area contributed by atoms with Crippen molar-refractivity contribution in [1.29, 1.82) is 15.8 Å². The molecular formula is C28H22N4O2. The molecule has 0 radical (unpaired) electrons. The summed E-state index contributed by atoms with van der Waals surface area (Å²) in [6.45, 7) is 5.71. The smallest absolute Gasteiger partial charge is 0.172 e. The molecule has 3 aromatic rings. The summed E-state index contributed by atoms with van der Waals surface area (Å²) in [5.41, 5.74) is 4.95. The van der Waals surface area contributed by atoms with Crippen LogP contribution in [-0.2, 0) is 4.74 Å². The van der Waals surface area contributed by atoms with E-state index in [1.54, 1.807) is 7.11 Å². The van der Waals surface area contributed by atoms with Crippen molar-refractivity contribution in [2.24, 2.45) is 0 Å². The Morgan fingerprint density at radius 2 is 1.74 bits per heavy atom. The summed E-state index contributed by atoms with van der Waals surface area (Å²) < 4.78 is 13.3. The number of aromatic nitrogens is 1. The number of ether oxygens (including phenoxy) is 2. The lowest BCUT2D eigenvalue weighted by molar-refractivity contribution is 0.0954. The van der Waals surface area contributed by atoms with E-state index in [0.29, 0.717) is 5.57 Å². The number of benzene rings is 1. The van der Waals surface area contributed by atoms with Crippen LogP contribution in [0.25, 0.3) is 22.7 Å². The van der Waals surface area contributed by atoms with Crippen LogP contribution in [0, 0.1) is 40.9 Å². The molecule has 6 nitrogen and oxygen atoms in total. The highest BCUT2D eigenvalue weighted by molar-refractivity contribution is 5.85. The van der Waals surface area contributed by atoms with E-state index in [0.717, 1.165) is 33.7 Å². The first-order chi connectivity index (χ1) is 16.4. The molecule has 2 aromatic heterocycles. The molecule has 0 fully saturated rings. The molecule has 34 heavy (non-hydrogen) atoms. The highest BCUT2D eigenvalue weighted by Crippen LogP contribution is 2.41. The van der Waals surface area contributed by atoms with Gasteiger partial charge in [-0.15, -0.1) is 0 Å². The zero-order valence-electron chi connectivity index (χ0n) is 19.4. The van der Waals surface area contributed by atoms with Crippen LogP contribution in [0.3, 0.4) is 0 Å². The first-order valence-electron chi connectivity index (χ1n) is 10.7. The van der Waals surface area contributed by atoms with Gasteiger partial charge in [0.25, 0.3) is 0 Å². The molecule has 166 valence electrons. The molecule has 0 amide bonds. The zero-order valence-corrected chi connectivity index (χ0v) is 19.4. The fourth-order valence-corrected chi connectivity index (χ4v) is 4.33. The molecule has 0 bridgehead atoms. The van der Waals surface area contributed by atoms with E-state index in [9.17, 15) is 15.8 Å². The molecule has 1 aliphatic rings. The van der Waals surface area contributed by atoms with Gasteiger partial charge in [-0.05, 0) is 62.2 Å². The normalized spacial score (nSPS) is 14.6. The van der Waals surface area contributed by atoms with E-state index in [1.807, 2.05) is 80.7 Å². The third kappa shape index (κ3) is 3.60. The van der Waals surface area contributed by atoms with Gasteiger partial charge in [0.05, 0.1) is 12.8 Å². The lowest BCUT2D eigenvalue weighted by Gasteiger charge is -2.20. The second-order valence-electron chi connectivity index (χ2n) is 8.34. The second kappa shape index (κ2) is 8.66. The van der Waals surface area contributed by atoms with Gasteiger partial charge in [-0.1, -0.05) is 24.3 Å². The van der Waals surface area contributed by atoms with Gasteiger partial charge in [0.15, 0.2) is 11.3 Å². The predicted octanol–water partition coefficient (Wildman–Crippen LogP) is 5.87. The van der Waals surface area contributed by atoms with E-state index < -0.39 is 5.60 Å². The Morgan fingerprint density at radius 1 is 1.03 bits per heavy atom. The van der Waals surface area contributed by atoms with E-state index >= 15 is 0 Å². The SMILES string of the molecule is COc1ccc(-c2c(C)c3ccccn3c2/C=C/C2=C(C#N)C(=C(C#N)C#N)OC2(C)C)cc1. The first kappa shape index (κ1) is 22.5. The van der Waals surface area contributed by atoms with Crippen LogP contribution in [0.2, 0.25) is 0 Å². The standard InChI is InChI=1S/C28H22N4O2/c1-18-24-7-5-6-14-32(24)25(26(18)19-8-10-21(33-4)11-9-19)13-12-23-22(17-31)27(20(15-29)16-30)34-28(23,2)3/h5-14H,1-4H3/b13-12+. The molecule has 0 saturated carbocycles. The Balaban J connectivity index is 1.95. The number of allylic oxidation sites excluding steroid dienone is 2. The van der Waals surface area contributed by atoms with Gasteiger partial charge in [-0.25, -0.2) is 0 Å². The van der Waals surface area contributed by atoms with E-state index in [2.05, 4.69) is 23.5 Å². The van der Waals surface area contributed by atoms with Crippen LogP contribution >= 0.6 is 0 Å². The van der Waals surface area contributed by atoms with Crippen molar-refractivity contribution in [3.8, 4) is 35.1 Å².